The van der Waals surface area contributed by atoms with Crippen molar-refractivity contribution in [2.24, 2.45) is 11.8 Å². The van der Waals surface area contributed by atoms with Crippen LogP contribution in [0.15, 0.2) is 36.4 Å². The van der Waals surface area contributed by atoms with Gasteiger partial charge < -0.3 is 9.84 Å². The number of hydrogen-bond acceptors (Lipinski definition) is 3. The van der Waals surface area contributed by atoms with Crippen LogP contribution in [0.5, 0.6) is 5.75 Å². The minimum atomic E-state index is -4.50. The molecule has 0 aromatic heterocycles. The Labute approximate surface area is 208 Å². The molecule has 8 heteroatoms. The molecule has 0 amide bonds. The molecule has 2 aromatic rings. The molecule has 0 bridgehead atoms. The first-order valence-corrected chi connectivity index (χ1v) is 12.7. The van der Waals surface area contributed by atoms with E-state index in [9.17, 15) is 27.5 Å². The number of rotatable bonds is 6. The molecule has 4 nitrogen and oxygen atoms in total. The fourth-order valence-electron chi connectivity index (χ4n) is 5.89. The number of carboxylic acid groups (broad SMARTS) is 1. The van der Waals surface area contributed by atoms with Crippen LogP contribution in [0, 0.1) is 17.7 Å². The Bertz CT molecular complexity index is 1140. The second-order valence-corrected chi connectivity index (χ2v) is 10.7. The molecule has 1 saturated heterocycles. The van der Waals surface area contributed by atoms with Crippen molar-refractivity contribution in [1.29, 1.82) is 0 Å². The third kappa shape index (κ3) is 5.10. The molecule has 2 atom stereocenters. The highest BCUT2D eigenvalue weighted by molar-refractivity contribution is 5.71. The number of carboxylic acids is 1. The summed E-state index contributed by atoms with van der Waals surface area (Å²) in [7, 11) is 0. The summed E-state index contributed by atoms with van der Waals surface area (Å²) < 4.78 is 60.0. The Morgan fingerprint density at radius 3 is 2.50 bits per heavy atom. The molecule has 194 valence electrons. The van der Waals surface area contributed by atoms with Crippen molar-refractivity contribution in [2.75, 3.05) is 13.1 Å². The quantitative estimate of drug-likeness (QED) is 0.461. The number of fused-ring (bicyclic) bond motifs is 1. The van der Waals surface area contributed by atoms with E-state index in [4.69, 9.17) is 4.74 Å². The molecule has 1 spiro atoms. The molecule has 3 aliphatic rings. The number of ether oxygens (including phenoxy) is 1. The normalized spacial score (nSPS) is 21.5. The summed E-state index contributed by atoms with van der Waals surface area (Å²) in [6.07, 6.45) is 0.711. The van der Waals surface area contributed by atoms with E-state index in [1.54, 1.807) is 6.92 Å². The SMILES string of the molecule is C[C@H](C(=O)O)C(c1ccc2c(c1)OC1(CC2)CCN(Cc2cc(C(F)(F)F)ccc2F)CC1)C1CC1. The van der Waals surface area contributed by atoms with Crippen molar-refractivity contribution < 1.29 is 32.2 Å². The van der Waals surface area contributed by atoms with Gasteiger partial charge in [0, 0.05) is 25.2 Å². The topological polar surface area (TPSA) is 49.8 Å². The maximum absolute atomic E-state index is 14.2. The summed E-state index contributed by atoms with van der Waals surface area (Å²) in [5, 5.41) is 9.62. The molecule has 0 radical (unpaired) electrons. The van der Waals surface area contributed by atoms with E-state index in [-0.39, 0.29) is 23.6 Å². The van der Waals surface area contributed by atoms with E-state index in [0.717, 1.165) is 60.8 Å². The van der Waals surface area contributed by atoms with Crippen molar-refractivity contribution in [1.82, 2.24) is 4.90 Å². The molecule has 2 fully saturated rings. The second-order valence-electron chi connectivity index (χ2n) is 10.7. The Morgan fingerprint density at radius 2 is 1.86 bits per heavy atom. The van der Waals surface area contributed by atoms with Crippen molar-refractivity contribution in [3.05, 3.63) is 64.5 Å². The molecule has 1 saturated carbocycles. The molecule has 36 heavy (non-hydrogen) atoms. The number of aliphatic carboxylic acids is 1. The summed E-state index contributed by atoms with van der Waals surface area (Å²) in [6.45, 7) is 3.11. The number of likely N-dealkylation sites (tertiary alicyclic amines) is 1. The summed E-state index contributed by atoms with van der Waals surface area (Å²) in [4.78, 5) is 13.7. The maximum atomic E-state index is 14.2. The third-order valence-corrected chi connectivity index (χ3v) is 8.24. The highest BCUT2D eigenvalue weighted by Gasteiger charge is 2.42. The number of benzene rings is 2. The Morgan fingerprint density at radius 1 is 1.14 bits per heavy atom. The highest BCUT2D eigenvalue weighted by Crippen LogP contribution is 2.49. The van der Waals surface area contributed by atoms with Gasteiger partial charge in [0.1, 0.15) is 17.2 Å². The predicted octanol–water partition coefficient (Wildman–Crippen LogP) is 6.42. The minimum absolute atomic E-state index is 0.0292. The number of hydrogen-bond donors (Lipinski definition) is 1. The first kappa shape index (κ1) is 25.1. The molecule has 2 heterocycles. The number of piperidine rings is 1. The summed E-state index contributed by atoms with van der Waals surface area (Å²) in [6, 6.07) is 8.72. The zero-order valence-corrected chi connectivity index (χ0v) is 20.3. The van der Waals surface area contributed by atoms with Gasteiger partial charge in [-0.15, -0.1) is 0 Å². The van der Waals surface area contributed by atoms with Crippen LogP contribution in [0.4, 0.5) is 17.6 Å². The number of nitrogens with zero attached hydrogens (tertiary/aromatic N) is 1. The van der Waals surface area contributed by atoms with Crippen LogP contribution in [0.25, 0.3) is 0 Å². The molecule has 2 aromatic carbocycles. The highest BCUT2D eigenvalue weighted by atomic mass is 19.4. The molecule has 1 unspecified atom stereocenters. The lowest BCUT2D eigenvalue weighted by molar-refractivity contribution is -0.142. The van der Waals surface area contributed by atoms with Crippen LogP contribution in [-0.4, -0.2) is 34.7 Å². The average Bonchev–Trinajstić information content (AvgIpc) is 3.66. The maximum Gasteiger partial charge on any atom is 0.416 e. The fraction of sp³-hybridized carbons (Fsp3) is 0.536. The van der Waals surface area contributed by atoms with Crippen LogP contribution in [0.2, 0.25) is 0 Å². The largest absolute Gasteiger partial charge is 0.487 e. The van der Waals surface area contributed by atoms with E-state index in [1.165, 1.54) is 0 Å². The Hall–Kier alpha value is -2.61. The van der Waals surface area contributed by atoms with Crippen LogP contribution >= 0.6 is 0 Å². The zero-order valence-electron chi connectivity index (χ0n) is 20.3. The average molecular weight is 506 g/mol. The summed E-state index contributed by atoms with van der Waals surface area (Å²) in [5.74, 6) is -0.692. The van der Waals surface area contributed by atoms with Gasteiger partial charge in [-0.1, -0.05) is 19.1 Å². The summed E-state index contributed by atoms with van der Waals surface area (Å²) >= 11 is 0. The van der Waals surface area contributed by atoms with Gasteiger partial charge in [0.05, 0.1) is 11.5 Å². The minimum Gasteiger partial charge on any atom is -0.487 e. The Kier molecular flexibility index (Phi) is 6.52. The van der Waals surface area contributed by atoms with Gasteiger partial charge >= 0.3 is 12.1 Å². The van der Waals surface area contributed by atoms with Gasteiger partial charge in [-0.05, 0) is 85.8 Å². The van der Waals surface area contributed by atoms with Crippen molar-refractivity contribution in [3.8, 4) is 5.75 Å². The zero-order chi connectivity index (χ0) is 25.7. The van der Waals surface area contributed by atoms with Gasteiger partial charge in [-0.3, -0.25) is 9.69 Å². The van der Waals surface area contributed by atoms with E-state index in [1.807, 2.05) is 11.0 Å². The second kappa shape index (κ2) is 9.36. The van der Waals surface area contributed by atoms with Gasteiger partial charge in [-0.2, -0.15) is 13.2 Å². The third-order valence-electron chi connectivity index (χ3n) is 8.24. The molecule has 1 aliphatic carbocycles. The molecular formula is C28H31F4NO3. The van der Waals surface area contributed by atoms with Gasteiger partial charge in [0.15, 0.2) is 0 Å². The number of aryl methyl sites for hydroxylation is 1. The molecular weight excluding hydrogens is 474 g/mol. The van der Waals surface area contributed by atoms with Crippen LogP contribution < -0.4 is 4.74 Å². The van der Waals surface area contributed by atoms with E-state index in [2.05, 4.69) is 12.1 Å². The smallest absolute Gasteiger partial charge is 0.416 e. The molecule has 1 N–H and O–H groups in total. The van der Waals surface area contributed by atoms with E-state index >= 15 is 0 Å². The number of alkyl halides is 3. The van der Waals surface area contributed by atoms with Gasteiger partial charge in [-0.25, -0.2) is 4.39 Å². The van der Waals surface area contributed by atoms with Gasteiger partial charge in [0.2, 0.25) is 0 Å². The van der Waals surface area contributed by atoms with E-state index in [0.29, 0.717) is 31.8 Å². The van der Waals surface area contributed by atoms with E-state index < -0.39 is 29.4 Å². The standard InChI is InChI=1S/C28H31F4NO3/c1-17(26(34)35)25(19-3-4-19)20-5-2-18-8-9-27(36-24(18)15-20)10-12-33(13-11-27)16-21-14-22(28(30,31)32)6-7-23(21)29/h2,5-7,14-15,17,19,25H,3-4,8-13,16H2,1H3,(H,34,35)/t17-,25?/m0/s1. The van der Waals surface area contributed by atoms with Crippen molar-refractivity contribution in [3.63, 3.8) is 0 Å². The van der Waals surface area contributed by atoms with Gasteiger partial charge in [0.25, 0.3) is 0 Å². The fourth-order valence-corrected chi connectivity index (χ4v) is 5.89. The summed E-state index contributed by atoms with van der Waals surface area (Å²) in [5.41, 5.74) is 0.995. The number of halogens is 4. The van der Waals surface area contributed by atoms with Crippen molar-refractivity contribution in [2.45, 2.75) is 69.7 Å². The number of carbonyl (C=O) groups is 1. The first-order valence-electron chi connectivity index (χ1n) is 12.7. The first-order chi connectivity index (χ1) is 17.0. The lowest BCUT2D eigenvalue weighted by Crippen LogP contribution is -2.49. The Balaban J connectivity index is 1.27. The molecule has 5 rings (SSSR count). The monoisotopic (exact) mass is 505 g/mol. The molecule has 2 aliphatic heterocycles. The lowest BCUT2D eigenvalue weighted by atomic mass is 9.80. The lowest BCUT2D eigenvalue weighted by Gasteiger charge is -2.45. The van der Waals surface area contributed by atoms with Crippen molar-refractivity contribution >= 4 is 5.97 Å². The van der Waals surface area contributed by atoms with Crippen LogP contribution in [-0.2, 0) is 23.9 Å². The van der Waals surface area contributed by atoms with Crippen LogP contribution in [0.3, 0.4) is 0 Å². The predicted molar refractivity (Wildman–Crippen MR) is 126 cm³/mol. The van der Waals surface area contributed by atoms with Crippen LogP contribution in [0.1, 0.15) is 67.2 Å².